The maximum atomic E-state index is 12.2. The van der Waals surface area contributed by atoms with Gasteiger partial charge in [0.25, 0.3) is 0 Å². The number of carbonyl (C=O) groups is 2. The Morgan fingerprint density at radius 3 is 2.86 bits per heavy atom. The van der Waals surface area contributed by atoms with Crippen LogP contribution in [0.25, 0.3) is 0 Å². The number of methoxy groups -OCH3 is 1. The molecule has 2 rings (SSSR count). The molecule has 1 atom stereocenters. The smallest absolute Gasteiger partial charge is 0.335 e. The monoisotopic (exact) mass is 292 g/mol. The topological polar surface area (TPSA) is 78.9 Å². The number of urea groups is 1. The number of hydrogen-bond acceptors (Lipinski definition) is 3. The van der Waals surface area contributed by atoms with Crippen LogP contribution in [0.2, 0.25) is 0 Å². The number of carboxylic acids is 1. The Labute approximate surface area is 123 Å². The summed E-state index contributed by atoms with van der Waals surface area (Å²) in [5.74, 6) is -0.589. The fourth-order valence-corrected chi connectivity index (χ4v) is 2.52. The normalized spacial score (nSPS) is 17.8. The van der Waals surface area contributed by atoms with E-state index >= 15 is 0 Å². The molecule has 1 aromatic carbocycles. The molecular formula is C15H20N2O4. The van der Waals surface area contributed by atoms with Crippen molar-refractivity contribution in [3.05, 3.63) is 29.3 Å². The number of anilines is 1. The number of rotatable bonds is 4. The first kappa shape index (κ1) is 15.3. The van der Waals surface area contributed by atoms with Gasteiger partial charge in [0.05, 0.1) is 12.2 Å². The second-order valence-electron chi connectivity index (χ2n) is 5.32. The first-order valence-corrected chi connectivity index (χ1v) is 6.90. The number of aryl methyl sites for hydroxylation is 1. The van der Waals surface area contributed by atoms with Crippen molar-refractivity contribution in [2.75, 3.05) is 32.1 Å². The summed E-state index contributed by atoms with van der Waals surface area (Å²) in [6.07, 6.45) is 0.943. The Hall–Kier alpha value is -2.08. The van der Waals surface area contributed by atoms with Crippen molar-refractivity contribution in [3.8, 4) is 0 Å². The van der Waals surface area contributed by atoms with Crippen molar-refractivity contribution < 1.29 is 19.4 Å². The predicted octanol–water partition coefficient (Wildman–Crippen LogP) is 2.19. The van der Waals surface area contributed by atoms with Crippen LogP contribution in [-0.2, 0) is 4.74 Å². The van der Waals surface area contributed by atoms with E-state index in [9.17, 15) is 9.59 Å². The molecule has 0 aliphatic carbocycles. The lowest BCUT2D eigenvalue weighted by Gasteiger charge is -2.18. The van der Waals surface area contributed by atoms with Crippen LogP contribution in [0, 0.1) is 12.8 Å². The van der Waals surface area contributed by atoms with Gasteiger partial charge in [-0.3, -0.25) is 0 Å². The van der Waals surface area contributed by atoms with Gasteiger partial charge in [0, 0.05) is 31.8 Å². The minimum Gasteiger partial charge on any atom is -0.478 e. The van der Waals surface area contributed by atoms with E-state index in [0.29, 0.717) is 31.3 Å². The second-order valence-corrected chi connectivity index (χ2v) is 5.32. The number of hydrogen-bond donors (Lipinski definition) is 2. The Kier molecular flexibility index (Phi) is 4.80. The fourth-order valence-electron chi connectivity index (χ4n) is 2.52. The lowest BCUT2D eigenvalue weighted by molar-refractivity contribution is 0.0697. The average Bonchev–Trinajstić information content (AvgIpc) is 2.90. The molecule has 21 heavy (non-hydrogen) atoms. The van der Waals surface area contributed by atoms with Crippen molar-refractivity contribution in [2.45, 2.75) is 13.3 Å². The Balaban J connectivity index is 1.99. The lowest BCUT2D eigenvalue weighted by atomic mass is 10.1. The van der Waals surface area contributed by atoms with Crippen molar-refractivity contribution >= 4 is 17.7 Å². The van der Waals surface area contributed by atoms with Crippen LogP contribution in [-0.4, -0.2) is 48.8 Å². The lowest BCUT2D eigenvalue weighted by Crippen LogP contribution is -2.33. The number of nitrogens with zero attached hydrogens (tertiary/aromatic N) is 1. The average molecular weight is 292 g/mol. The third kappa shape index (κ3) is 3.72. The summed E-state index contributed by atoms with van der Waals surface area (Å²) in [5, 5.41) is 11.8. The highest BCUT2D eigenvalue weighted by atomic mass is 16.5. The van der Waals surface area contributed by atoms with Gasteiger partial charge >= 0.3 is 12.0 Å². The van der Waals surface area contributed by atoms with Crippen LogP contribution >= 0.6 is 0 Å². The van der Waals surface area contributed by atoms with Crippen LogP contribution < -0.4 is 5.32 Å². The quantitative estimate of drug-likeness (QED) is 0.891. The number of likely N-dealkylation sites (tertiary alicyclic amines) is 1. The van der Waals surface area contributed by atoms with Crippen LogP contribution in [0.1, 0.15) is 22.3 Å². The molecule has 0 radical (unpaired) electrons. The summed E-state index contributed by atoms with van der Waals surface area (Å²) in [7, 11) is 1.66. The number of carboxylic acid groups (broad SMARTS) is 1. The molecule has 2 N–H and O–H groups in total. The molecule has 1 aliphatic heterocycles. The van der Waals surface area contributed by atoms with Crippen LogP contribution in [0.3, 0.4) is 0 Å². The molecule has 1 aromatic rings. The summed E-state index contributed by atoms with van der Waals surface area (Å²) in [5.41, 5.74) is 1.59. The molecule has 6 nitrogen and oxygen atoms in total. The molecule has 0 spiro atoms. The summed E-state index contributed by atoms with van der Waals surface area (Å²) < 4.78 is 5.11. The number of amides is 2. The number of nitrogens with one attached hydrogen (secondary N) is 1. The van der Waals surface area contributed by atoms with Gasteiger partial charge < -0.3 is 20.1 Å². The second kappa shape index (κ2) is 6.58. The van der Waals surface area contributed by atoms with Crippen LogP contribution in [0.4, 0.5) is 10.5 Å². The Morgan fingerprint density at radius 1 is 1.48 bits per heavy atom. The van der Waals surface area contributed by atoms with Crippen molar-refractivity contribution in [1.29, 1.82) is 0 Å². The summed E-state index contributed by atoms with van der Waals surface area (Å²) >= 11 is 0. The molecule has 0 bridgehead atoms. The van der Waals surface area contributed by atoms with Gasteiger partial charge in [-0.25, -0.2) is 9.59 Å². The third-order valence-electron chi connectivity index (χ3n) is 3.69. The summed E-state index contributed by atoms with van der Waals surface area (Å²) in [4.78, 5) is 24.8. The molecule has 1 saturated heterocycles. The fraction of sp³-hybridized carbons (Fsp3) is 0.467. The van der Waals surface area contributed by atoms with E-state index in [4.69, 9.17) is 9.84 Å². The minimum absolute atomic E-state index is 0.153. The van der Waals surface area contributed by atoms with Crippen molar-refractivity contribution in [2.24, 2.45) is 5.92 Å². The number of aromatic carboxylic acids is 1. The Morgan fingerprint density at radius 2 is 2.24 bits per heavy atom. The van der Waals surface area contributed by atoms with Gasteiger partial charge in [0.15, 0.2) is 0 Å². The molecule has 114 valence electrons. The maximum Gasteiger partial charge on any atom is 0.335 e. The molecule has 6 heteroatoms. The zero-order chi connectivity index (χ0) is 15.4. The van der Waals surface area contributed by atoms with Crippen LogP contribution in [0.5, 0.6) is 0 Å². The van der Waals surface area contributed by atoms with Crippen molar-refractivity contribution in [1.82, 2.24) is 4.90 Å². The first-order chi connectivity index (χ1) is 10.0. The van der Waals surface area contributed by atoms with Gasteiger partial charge in [-0.1, -0.05) is 0 Å². The zero-order valence-corrected chi connectivity index (χ0v) is 12.3. The highest BCUT2D eigenvalue weighted by molar-refractivity contribution is 5.92. The minimum atomic E-state index is -0.974. The molecule has 1 fully saturated rings. The van der Waals surface area contributed by atoms with E-state index in [1.54, 1.807) is 31.1 Å². The number of ether oxygens (including phenoxy) is 1. The standard InChI is InChI=1S/C15H20N2O4/c1-10-7-12(14(18)19)3-4-13(10)16-15(20)17-6-5-11(8-17)9-21-2/h3-4,7,11H,5-6,8-9H2,1-2H3,(H,16,20)(H,18,19). The number of benzene rings is 1. The van der Waals surface area contributed by atoms with Crippen molar-refractivity contribution in [3.63, 3.8) is 0 Å². The van der Waals surface area contributed by atoms with E-state index in [-0.39, 0.29) is 11.6 Å². The van der Waals surface area contributed by atoms with Gasteiger partial charge in [0.2, 0.25) is 0 Å². The van der Waals surface area contributed by atoms with Gasteiger partial charge in [0.1, 0.15) is 0 Å². The summed E-state index contributed by atoms with van der Waals surface area (Å²) in [6.45, 7) is 3.84. The molecule has 1 heterocycles. The molecule has 1 aliphatic rings. The van der Waals surface area contributed by atoms with E-state index in [0.717, 1.165) is 12.0 Å². The molecule has 1 unspecified atom stereocenters. The highest BCUT2D eigenvalue weighted by Crippen LogP contribution is 2.20. The van der Waals surface area contributed by atoms with E-state index in [2.05, 4.69) is 5.32 Å². The van der Waals surface area contributed by atoms with E-state index < -0.39 is 5.97 Å². The SMILES string of the molecule is COCC1CCN(C(=O)Nc2ccc(C(=O)O)cc2C)C1. The Bertz CT molecular complexity index is 544. The van der Waals surface area contributed by atoms with E-state index in [1.165, 1.54) is 6.07 Å². The van der Waals surface area contributed by atoms with Crippen LogP contribution in [0.15, 0.2) is 18.2 Å². The predicted molar refractivity (Wildman–Crippen MR) is 78.7 cm³/mol. The zero-order valence-electron chi connectivity index (χ0n) is 12.3. The molecular weight excluding hydrogens is 272 g/mol. The van der Waals surface area contributed by atoms with Gasteiger partial charge in [-0.15, -0.1) is 0 Å². The molecule has 0 aromatic heterocycles. The number of carbonyl (C=O) groups excluding carboxylic acids is 1. The first-order valence-electron chi connectivity index (χ1n) is 6.90. The third-order valence-corrected chi connectivity index (χ3v) is 3.69. The van der Waals surface area contributed by atoms with Gasteiger partial charge in [-0.2, -0.15) is 0 Å². The molecule has 2 amide bonds. The maximum absolute atomic E-state index is 12.2. The largest absolute Gasteiger partial charge is 0.478 e. The van der Waals surface area contributed by atoms with E-state index in [1.807, 2.05) is 0 Å². The molecule has 0 saturated carbocycles. The summed E-state index contributed by atoms with van der Waals surface area (Å²) in [6, 6.07) is 4.51. The highest BCUT2D eigenvalue weighted by Gasteiger charge is 2.26. The van der Waals surface area contributed by atoms with Gasteiger partial charge in [-0.05, 0) is 37.1 Å².